The molecule has 0 aliphatic heterocycles. The number of allylic oxidation sites excluding steroid dienone is 2. The van der Waals surface area contributed by atoms with Crippen LogP contribution in [-0.2, 0) is 4.74 Å². The van der Waals surface area contributed by atoms with Crippen molar-refractivity contribution in [1.29, 1.82) is 0 Å². The summed E-state index contributed by atoms with van der Waals surface area (Å²) in [5.41, 5.74) is 10.1. The molecule has 0 heterocycles. The van der Waals surface area contributed by atoms with Crippen molar-refractivity contribution >= 4 is 0 Å². The molecule has 2 aliphatic carbocycles. The van der Waals surface area contributed by atoms with Gasteiger partial charge in [-0.3, -0.25) is 0 Å². The largest absolute Gasteiger partial charge is 0.449 e. The Hall–Kier alpha value is -1.16. The molecule has 0 bridgehead atoms. The number of rotatable bonds is 4. The second kappa shape index (κ2) is 9.21. The molecule has 0 saturated heterocycles. The van der Waals surface area contributed by atoms with Gasteiger partial charge in [0.15, 0.2) is 0 Å². The molecule has 0 radical (unpaired) electrons. The van der Waals surface area contributed by atoms with Crippen molar-refractivity contribution in [2.24, 2.45) is 11.8 Å². The average Bonchev–Trinajstić information content (AvgIpc) is 2.55. The van der Waals surface area contributed by atoms with E-state index in [1.165, 1.54) is 75.4 Å². The highest BCUT2D eigenvalue weighted by molar-refractivity contribution is 5.14. The zero-order valence-electron chi connectivity index (χ0n) is 15.6. The molecule has 2 rings (SSSR count). The third-order valence-electron chi connectivity index (χ3n) is 4.78. The second-order valence-electron chi connectivity index (χ2n) is 7.72. The summed E-state index contributed by atoms with van der Waals surface area (Å²) < 4.78 is 6.35. The molecular weight excluding hydrogens is 280 g/mol. The first-order valence-electron chi connectivity index (χ1n) is 9.71. The second-order valence-corrected chi connectivity index (χ2v) is 7.72. The molecule has 2 saturated carbocycles. The summed E-state index contributed by atoms with van der Waals surface area (Å²) in [4.78, 5) is 0. The quantitative estimate of drug-likeness (QED) is 0.398. The topological polar surface area (TPSA) is 9.23 Å². The van der Waals surface area contributed by atoms with Crippen LogP contribution < -0.4 is 0 Å². The van der Waals surface area contributed by atoms with Gasteiger partial charge in [-0.2, -0.15) is 0 Å². The van der Waals surface area contributed by atoms with Gasteiger partial charge in [-0.05, 0) is 62.5 Å². The Bertz CT molecular complexity index is 456. The molecule has 23 heavy (non-hydrogen) atoms. The van der Waals surface area contributed by atoms with Gasteiger partial charge in [0.1, 0.15) is 11.5 Å². The van der Waals surface area contributed by atoms with Crippen LogP contribution in [0.3, 0.4) is 0 Å². The highest BCUT2D eigenvalue weighted by Gasteiger charge is 2.14. The van der Waals surface area contributed by atoms with Crippen molar-refractivity contribution in [1.82, 2.24) is 0 Å². The monoisotopic (exact) mass is 314 g/mol. The van der Waals surface area contributed by atoms with Gasteiger partial charge in [0, 0.05) is 11.8 Å². The molecule has 0 aromatic heterocycles. The van der Waals surface area contributed by atoms with E-state index in [4.69, 9.17) is 4.74 Å². The molecule has 2 aliphatic rings. The molecule has 0 amide bonds. The standard InChI is InChI=1S/C22H34O/c1-17(2)21(15-19-11-7-5-8-12-19)23-22(18(3)4)16-20-13-9-6-10-14-20/h17-18H,5-14H2,1-4H3. The number of ether oxygens (including phenoxy) is 1. The maximum Gasteiger partial charge on any atom is 0.149 e. The number of hydrogen-bond acceptors (Lipinski definition) is 1. The third-order valence-corrected chi connectivity index (χ3v) is 4.78. The van der Waals surface area contributed by atoms with Crippen molar-refractivity contribution in [2.75, 3.05) is 0 Å². The van der Waals surface area contributed by atoms with Crippen molar-refractivity contribution in [3.63, 3.8) is 0 Å². The maximum absolute atomic E-state index is 6.35. The molecule has 0 N–H and O–H groups in total. The highest BCUT2D eigenvalue weighted by Crippen LogP contribution is 2.27. The van der Waals surface area contributed by atoms with E-state index in [2.05, 4.69) is 39.2 Å². The van der Waals surface area contributed by atoms with E-state index in [0.717, 1.165) is 11.5 Å². The molecule has 0 spiro atoms. The molecule has 2 fully saturated rings. The van der Waals surface area contributed by atoms with Gasteiger partial charge in [-0.1, -0.05) is 52.0 Å². The van der Waals surface area contributed by atoms with Crippen molar-refractivity contribution in [3.8, 4) is 0 Å². The summed E-state index contributed by atoms with van der Waals surface area (Å²) in [5, 5.41) is 0. The van der Waals surface area contributed by atoms with E-state index in [1.807, 2.05) is 0 Å². The minimum Gasteiger partial charge on any atom is -0.449 e. The molecule has 1 heteroatoms. The Morgan fingerprint density at radius 3 is 1.30 bits per heavy atom. The van der Waals surface area contributed by atoms with Crippen LogP contribution in [0.4, 0.5) is 0 Å². The first kappa shape index (κ1) is 18.2. The molecule has 128 valence electrons. The molecule has 0 atom stereocenters. The number of hydrogen-bond donors (Lipinski definition) is 0. The summed E-state index contributed by atoms with van der Waals surface area (Å²) in [7, 11) is 0. The fourth-order valence-corrected chi connectivity index (χ4v) is 3.25. The fraction of sp³-hybridized carbons (Fsp3) is 0.727. The van der Waals surface area contributed by atoms with Crippen LogP contribution in [0.5, 0.6) is 0 Å². The summed E-state index contributed by atoms with van der Waals surface area (Å²) in [5.74, 6) is 2.76. The van der Waals surface area contributed by atoms with E-state index in [1.54, 1.807) is 0 Å². The van der Waals surface area contributed by atoms with Crippen LogP contribution in [0.1, 0.15) is 91.9 Å². The van der Waals surface area contributed by atoms with E-state index >= 15 is 0 Å². The molecule has 0 aromatic carbocycles. The Balaban J connectivity index is 2.28. The Labute approximate surface area is 143 Å². The van der Waals surface area contributed by atoms with E-state index < -0.39 is 0 Å². The fourth-order valence-electron chi connectivity index (χ4n) is 3.25. The molecule has 0 unspecified atom stereocenters. The van der Waals surface area contributed by atoms with Crippen molar-refractivity contribution in [3.05, 3.63) is 34.1 Å². The van der Waals surface area contributed by atoms with Crippen LogP contribution in [-0.4, -0.2) is 0 Å². The lowest BCUT2D eigenvalue weighted by molar-refractivity contribution is 0.236. The summed E-state index contributed by atoms with van der Waals surface area (Å²) in [6.45, 7) is 8.82. The minimum absolute atomic E-state index is 0.372. The van der Waals surface area contributed by atoms with E-state index in [-0.39, 0.29) is 0 Å². The molecule has 1 nitrogen and oxygen atoms in total. The molecule has 0 aromatic rings. The van der Waals surface area contributed by atoms with Crippen molar-refractivity contribution in [2.45, 2.75) is 91.9 Å². The van der Waals surface area contributed by atoms with Crippen LogP contribution in [0, 0.1) is 11.8 Å². The van der Waals surface area contributed by atoms with Gasteiger partial charge in [0.25, 0.3) is 0 Å². The van der Waals surface area contributed by atoms with Gasteiger partial charge in [-0.25, -0.2) is 0 Å². The van der Waals surface area contributed by atoms with Crippen LogP contribution in [0.2, 0.25) is 0 Å². The Kier molecular flexibility index (Phi) is 7.28. The smallest absolute Gasteiger partial charge is 0.149 e. The summed E-state index contributed by atoms with van der Waals surface area (Å²) >= 11 is 0. The first-order valence-corrected chi connectivity index (χ1v) is 9.71. The van der Waals surface area contributed by atoms with Gasteiger partial charge in [0.05, 0.1) is 0 Å². The van der Waals surface area contributed by atoms with Crippen molar-refractivity contribution < 1.29 is 4.74 Å². The Morgan fingerprint density at radius 2 is 1.00 bits per heavy atom. The zero-order valence-corrected chi connectivity index (χ0v) is 15.6. The predicted molar refractivity (Wildman–Crippen MR) is 98.0 cm³/mol. The van der Waals surface area contributed by atoms with Crippen LogP contribution in [0.15, 0.2) is 34.1 Å². The van der Waals surface area contributed by atoms with Crippen LogP contribution in [0.25, 0.3) is 0 Å². The van der Waals surface area contributed by atoms with Crippen LogP contribution >= 0.6 is 0 Å². The third kappa shape index (κ3) is 6.09. The van der Waals surface area contributed by atoms with Gasteiger partial charge in [0.2, 0.25) is 0 Å². The summed E-state index contributed by atoms with van der Waals surface area (Å²) in [6.07, 6.45) is 12.8. The zero-order chi connectivity index (χ0) is 16.7. The van der Waals surface area contributed by atoms with Gasteiger partial charge < -0.3 is 4.74 Å². The lowest BCUT2D eigenvalue weighted by Crippen LogP contribution is -2.05. The lowest BCUT2D eigenvalue weighted by Gasteiger charge is -2.18. The summed E-state index contributed by atoms with van der Waals surface area (Å²) in [6, 6.07) is 0. The van der Waals surface area contributed by atoms with Gasteiger partial charge in [-0.15, -0.1) is 0 Å². The minimum atomic E-state index is 0.372. The SMILES string of the molecule is CC(C)C(=C=C1CCCCC1)OC(=C=C1CCCCC1)C(C)C. The molecular formula is C22H34O. The highest BCUT2D eigenvalue weighted by atomic mass is 16.5. The Morgan fingerprint density at radius 1 is 0.652 bits per heavy atom. The van der Waals surface area contributed by atoms with E-state index in [0.29, 0.717) is 11.8 Å². The predicted octanol–water partition coefficient (Wildman–Crippen LogP) is 7.06. The van der Waals surface area contributed by atoms with Gasteiger partial charge >= 0.3 is 0 Å². The average molecular weight is 315 g/mol. The normalized spacial score (nSPS) is 18.7. The lowest BCUT2D eigenvalue weighted by atomic mass is 9.94. The maximum atomic E-state index is 6.35. The van der Waals surface area contributed by atoms with E-state index in [9.17, 15) is 0 Å². The first-order chi connectivity index (χ1) is 11.1.